The van der Waals surface area contributed by atoms with E-state index in [1.807, 2.05) is 19.3 Å². The van der Waals surface area contributed by atoms with Gasteiger partial charge in [0.05, 0.1) is 0 Å². The van der Waals surface area contributed by atoms with Crippen molar-refractivity contribution in [2.24, 2.45) is 0 Å². The van der Waals surface area contributed by atoms with Crippen LogP contribution in [0.3, 0.4) is 0 Å². The van der Waals surface area contributed by atoms with Crippen molar-refractivity contribution in [1.29, 1.82) is 0 Å². The summed E-state index contributed by atoms with van der Waals surface area (Å²) in [5, 5.41) is 0. The van der Waals surface area contributed by atoms with Crippen LogP contribution in [0, 0.1) is 13.8 Å². The molecule has 2 aromatic heterocycles. The minimum atomic E-state index is 0.817. The van der Waals surface area contributed by atoms with E-state index in [-0.39, 0.29) is 0 Å². The summed E-state index contributed by atoms with van der Waals surface area (Å²) in [5.41, 5.74) is 1.10. The maximum atomic E-state index is 4.16. The molecule has 2 aromatic rings. The van der Waals surface area contributed by atoms with Gasteiger partial charge >= 0.3 is 0 Å². The molecule has 13 heavy (non-hydrogen) atoms. The van der Waals surface area contributed by atoms with Crippen molar-refractivity contribution in [2.45, 2.75) is 13.8 Å². The van der Waals surface area contributed by atoms with E-state index in [4.69, 9.17) is 0 Å². The van der Waals surface area contributed by atoms with E-state index in [0.29, 0.717) is 0 Å². The van der Waals surface area contributed by atoms with Gasteiger partial charge in [0, 0.05) is 27.7 Å². The van der Waals surface area contributed by atoms with Crippen molar-refractivity contribution in [1.82, 2.24) is 9.97 Å². The van der Waals surface area contributed by atoms with Gasteiger partial charge in [-0.05, 0) is 26.0 Å². The van der Waals surface area contributed by atoms with Crippen LogP contribution in [0.4, 0.5) is 0 Å². The second kappa shape index (κ2) is 3.26. The molecule has 0 aliphatic rings. The van der Waals surface area contributed by atoms with Crippen LogP contribution in [0.5, 0.6) is 0 Å². The molecule has 0 bridgehead atoms. The Labute approximate surface area is 81.3 Å². The van der Waals surface area contributed by atoms with Crippen LogP contribution in [0.25, 0.3) is 10.4 Å². The van der Waals surface area contributed by atoms with Crippen molar-refractivity contribution in [3.8, 4) is 10.4 Å². The molecular formula is C10H10N2S. The van der Waals surface area contributed by atoms with E-state index >= 15 is 0 Å². The lowest BCUT2D eigenvalue weighted by Gasteiger charge is -1.95. The van der Waals surface area contributed by atoms with Gasteiger partial charge in [0.15, 0.2) is 0 Å². The molecule has 0 amide bonds. The van der Waals surface area contributed by atoms with Crippen LogP contribution in [0.15, 0.2) is 24.5 Å². The number of hydrogen-bond donors (Lipinski definition) is 0. The van der Waals surface area contributed by atoms with Gasteiger partial charge in [0.1, 0.15) is 5.82 Å². The van der Waals surface area contributed by atoms with Crippen LogP contribution in [0.2, 0.25) is 0 Å². The van der Waals surface area contributed by atoms with E-state index in [1.54, 1.807) is 11.3 Å². The summed E-state index contributed by atoms with van der Waals surface area (Å²) in [5.74, 6) is 0.817. The zero-order chi connectivity index (χ0) is 9.26. The third kappa shape index (κ3) is 1.75. The normalized spacial score (nSPS) is 10.3. The Balaban J connectivity index is 2.41. The molecule has 2 rings (SSSR count). The molecule has 0 saturated heterocycles. The number of thiophene rings is 1. The summed E-state index contributed by atoms with van der Waals surface area (Å²) >= 11 is 1.77. The van der Waals surface area contributed by atoms with Gasteiger partial charge in [-0.25, -0.2) is 9.97 Å². The van der Waals surface area contributed by atoms with Crippen LogP contribution < -0.4 is 0 Å². The van der Waals surface area contributed by atoms with Gasteiger partial charge in [0.2, 0.25) is 0 Å². The zero-order valence-corrected chi connectivity index (χ0v) is 8.43. The van der Waals surface area contributed by atoms with Gasteiger partial charge in [-0.15, -0.1) is 11.3 Å². The Morgan fingerprint density at radius 2 is 1.77 bits per heavy atom. The molecule has 0 spiro atoms. The second-order valence-corrected chi connectivity index (χ2v) is 4.22. The first-order chi connectivity index (χ1) is 6.25. The quantitative estimate of drug-likeness (QED) is 0.691. The molecule has 0 N–H and O–H groups in total. The predicted octanol–water partition coefficient (Wildman–Crippen LogP) is 2.82. The Morgan fingerprint density at radius 3 is 2.31 bits per heavy atom. The maximum Gasteiger partial charge on any atom is 0.125 e. The maximum absolute atomic E-state index is 4.16. The van der Waals surface area contributed by atoms with Crippen LogP contribution >= 0.6 is 11.3 Å². The Morgan fingerprint density at radius 1 is 1.08 bits per heavy atom. The van der Waals surface area contributed by atoms with Gasteiger partial charge in [-0.3, -0.25) is 0 Å². The first-order valence-corrected chi connectivity index (χ1v) is 4.93. The van der Waals surface area contributed by atoms with Crippen molar-refractivity contribution >= 4 is 11.3 Å². The first kappa shape index (κ1) is 8.38. The van der Waals surface area contributed by atoms with E-state index in [2.05, 4.69) is 29.0 Å². The average Bonchev–Trinajstić information content (AvgIpc) is 2.53. The fourth-order valence-corrected chi connectivity index (χ4v) is 1.95. The molecule has 3 heteroatoms. The average molecular weight is 190 g/mol. The van der Waals surface area contributed by atoms with Crippen molar-refractivity contribution in [3.63, 3.8) is 0 Å². The topological polar surface area (TPSA) is 25.8 Å². The molecule has 2 nitrogen and oxygen atoms in total. The minimum absolute atomic E-state index is 0.817. The predicted molar refractivity (Wildman–Crippen MR) is 54.8 cm³/mol. The van der Waals surface area contributed by atoms with Gasteiger partial charge in [-0.2, -0.15) is 0 Å². The highest BCUT2D eigenvalue weighted by molar-refractivity contribution is 7.15. The molecule has 0 saturated carbocycles. The molecule has 0 aliphatic heterocycles. The number of nitrogens with zero attached hydrogens (tertiary/aromatic N) is 2. The van der Waals surface area contributed by atoms with E-state index in [9.17, 15) is 0 Å². The molecule has 0 atom stereocenters. The molecular weight excluding hydrogens is 180 g/mol. The lowest BCUT2D eigenvalue weighted by atomic mass is 10.3. The van der Waals surface area contributed by atoms with Crippen LogP contribution in [0.1, 0.15) is 10.7 Å². The Hall–Kier alpha value is -1.22. The van der Waals surface area contributed by atoms with Gasteiger partial charge < -0.3 is 0 Å². The molecule has 0 radical (unpaired) electrons. The highest BCUT2D eigenvalue weighted by atomic mass is 32.1. The fourth-order valence-electron chi connectivity index (χ4n) is 1.11. The number of aromatic nitrogens is 2. The number of rotatable bonds is 1. The summed E-state index contributed by atoms with van der Waals surface area (Å²) < 4.78 is 0. The smallest absolute Gasteiger partial charge is 0.125 e. The largest absolute Gasteiger partial charge is 0.241 e. The molecule has 66 valence electrons. The van der Waals surface area contributed by atoms with Gasteiger partial charge in [-0.1, -0.05) is 0 Å². The van der Waals surface area contributed by atoms with E-state index in [1.165, 1.54) is 9.75 Å². The molecule has 0 aliphatic carbocycles. The third-order valence-corrected chi connectivity index (χ3v) is 2.86. The standard InChI is InChI=1S/C10H10N2S/c1-7-3-4-10(13-7)9-5-11-8(2)12-6-9/h3-6H,1-2H3. The first-order valence-electron chi connectivity index (χ1n) is 4.11. The summed E-state index contributed by atoms with van der Waals surface area (Å²) in [7, 11) is 0. The SMILES string of the molecule is Cc1ncc(-c2ccc(C)s2)cn1. The Bertz CT molecular complexity index is 403. The summed E-state index contributed by atoms with van der Waals surface area (Å²) in [6, 6.07) is 4.22. The third-order valence-electron chi connectivity index (χ3n) is 1.81. The summed E-state index contributed by atoms with van der Waals surface area (Å²) in [4.78, 5) is 10.9. The lowest BCUT2D eigenvalue weighted by Crippen LogP contribution is -1.85. The number of aryl methyl sites for hydroxylation is 2. The minimum Gasteiger partial charge on any atom is -0.241 e. The van der Waals surface area contributed by atoms with E-state index in [0.717, 1.165) is 11.4 Å². The highest BCUT2D eigenvalue weighted by Crippen LogP contribution is 2.26. The molecule has 2 heterocycles. The molecule has 0 fully saturated rings. The van der Waals surface area contributed by atoms with Crippen molar-refractivity contribution < 1.29 is 0 Å². The van der Waals surface area contributed by atoms with Crippen molar-refractivity contribution in [3.05, 3.63) is 35.2 Å². The Kier molecular flexibility index (Phi) is 2.10. The zero-order valence-electron chi connectivity index (χ0n) is 7.61. The highest BCUT2D eigenvalue weighted by Gasteiger charge is 2.00. The molecule has 0 unspecified atom stereocenters. The second-order valence-electron chi connectivity index (χ2n) is 2.93. The summed E-state index contributed by atoms with van der Waals surface area (Å²) in [6.45, 7) is 3.99. The van der Waals surface area contributed by atoms with Crippen molar-refractivity contribution in [2.75, 3.05) is 0 Å². The number of hydrogen-bond acceptors (Lipinski definition) is 3. The van der Waals surface area contributed by atoms with E-state index < -0.39 is 0 Å². The van der Waals surface area contributed by atoms with Crippen LogP contribution in [-0.4, -0.2) is 9.97 Å². The molecule has 0 aromatic carbocycles. The fraction of sp³-hybridized carbons (Fsp3) is 0.200. The van der Waals surface area contributed by atoms with Gasteiger partial charge in [0.25, 0.3) is 0 Å². The van der Waals surface area contributed by atoms with Crippen LogP contribution in [-0.2, 0) is 0 Å². The monoisotopic (exact) mass is 190 g/mol. The summed E-state index contributed by atoms with van der Waals surface area (Å²) in [6.07, 6.45) is 3.74. The lowest BCUT2D eigenvalue weighted by molar-refractivity contribution is 1.06.